The Labute approximate surface area is 156 Å². The molecule has 0 radical (unpaired) electrons. The number of nitrogens with one attached hydrogen (secondary N) is 1. The maximum absolute atomic E-state index is 12.2. The molecule has 1 aliphatic rings. The summed E-state index contributed by atoms with van der Waals surface area (Å²) in [5, 5.41) is 2.81. The Morgan fingerprint density at radius 1 is 1.26 bits per heavy atom. The SMILES string of the molecule is O=C(/C=C/c1nc2ccccc2o1)Nc1cccc(OCC2CCCO2)c1. The fourth-order valence-electron chi connectivity index (χ4n) is 2.92. The van der Waals surface area contributed by atoms with Gasteiger partial charge in [0.05, 0.1) is 6.10 Å². The first kappa shape index (κ1) is 17.3. The quantitative estimate of drug-likeness (QED) is 0.668. The summed E-state index contributed by atoms with van der Waals surface area (Å²) in [6.45, 7) is 1.32. The number of para-hydroxylation sites is 2. The first-order valence-electron chi connectivity index (χ1n) is 8.95. The molecule has 1 saturated heterocycles. The van der Waals surface area contributed by atoms with Crippen LogP contribution >= 0.6 is 0 Å². The molecule has 6 nitrogen and oxygen atoms in total. The number of hydrogen-bond donors (Lipinski definition) is 1. The van der Waals surface area contributed by atoms with E-state index < -0.39 is 0 Å². The zero-order chi connectivity index (χ0) is 18.5. The number of fused-ring (bicyclic) bond motifs is 1. The molecule has 27 heavy (non-hydrogen) atoms. The van der Waals surface area contributed by atoms with Gasteiger partial charge in [-0.1, -0.05) is 18.2 Å². The Bertz CT molecular complexity index is 924. The third-order valence-corrected chi connectivity index (χ3v) is 4.25. The number of ether oxygens (including phenoxy) is 2. The molecule has 0 aliphatic carbocycles. The predicted octanol–water partition coefficient (Wildman–Crippen LogP) is 4.04. The highest BCUT2D eigenvalue weighted by molar-refractivity contribution is 6.01. The molecule has 0 saturated carbocycles. The van der Waals surface area contributed by atoms with Crippen LogP contribution in [0.1, 0.15) is 18.7 Å². The van der Waals surface area contributed by atoms with E-state index in [1.807, 2.05) is 42.5 Å². The van der Waals surface area contributed by atoms with Crippen molar-refractivity contribution in [3.05, 3.63) is 60.5 Å². The highest BCUT2D eigenvalue weighted by Crippen LogP contribution is 2.20. The van der Waals surface area contributed by atoms with Crippen molar-refractivity contribution < 1.29 is 18.7 Å². The van der Waals surface area contributed by atoms with Crippen molar-refractivity contribution in [1.82, 2.24) is 4.98 Å². The van der Waals surface area contributed by atoms with Crippen molar-refractivity contribution in [3.8, 4) is 5.75 Å². The Morgan fingerprint density at radius 2 is 2.19 bits per heavy atom. The van der Waals surface area contributed by atoms with Crippen LogP contribution in [0.3, 0.4) is 0 Å². The van der Waals surface area contributed by atoms with E-state index in [4.69, 9.17) is 13.9 Å². The van der Waals surface area contributed by atoms with Crippen molar-refractivity contribution in [1.29, 1.82) is 0 Å². The van der Waals surface area contributed by atoms with Crippen LogP contribution in [0.15, 0.2) is 59.0 Å². The third-order valence-electron chi connectivity index (χ3n) is 4.25. The fraction of sp³-hybridized carbons (Fsp3) is 0.238. The van der Waals surface area contributed by atoms with E-state index in [9.17, 15) is 4.79 Å². The second-order valence-electron chi connectivity index (χ2n) is 6.32. The highest BCUT2D eigenvalue weighted by atomic mass is 16.5. The summed E-state index contributed by atoms with van der Waals surface area (Å²) in [5.41, 5.74) is 2.11. The number of oxazole rings is 1. The summed E-state index contributed by atoms with van der Waals surface area (Å²) < 4.78 is 16.9. The molecule has 2 heterocycles. The lowest BCUT2D eigenvalue weighted by molar-refractivity contribution is -0.111. The van der Waals surface area contributed by atoms with Gasteiger partial charge in [0.1, 0.15) is 17.9 Å². The van der Waals surface area contributed by atoms with E-state index in [0.717, 1.165) is 25.0 Å². The van der Waals surface area contributed by atoms with E-state index in [1.54, 1.807) is 12.1 Å². The molecular weight excluding hydrogens is 344 g/mol. The van der Waals surface area contributed by atoms with Crippen LogP contribution in [0.2, 0.25) is 0 Å². The minimum Gasteiger partial charge on any atom is -0.491 e. The van der Waals surface area contributed by atoms with Crippen molar-refractivity contribution in [3.63, 3.8) is 0 Å². The van der Waals surface area contributed by atoms with Crippen LogP contribution in [0, 0.1) is 0 Å². The third kappa shape index (κ3) is 4.54. The first-order chi connectivity index (χ1) is 13.3. The van der Waals surface area contributed by atoms with Crippen molar-refractivity contribution in [2.75, 3.05) is 18.5 Å². The fourth-order valence-corrected chi connectivity index (χ4v) is 2.92. The number of carbonyl (C=O) groups excluding carboxylic acids is 1. The van der Waals surface area contributed by atoms with E-state index in [0.29, 0.717) is 29.5 Å². The standard InChI is InChI=1S/C21H20N2O4/c24-20(10-11-21-23-18-8-1-2-9-19(18)27-21)22-15-5-3-6-16(13-15)26-14-17-7-4-12-25-17/h1-3,5-6,8-11,13,17H,4,7,12,14H2,(H,22,24)/b11-10+. The second-order valence-corrected chi connectivity index (χ2v) is 6.32. The lowest BCUT2D eigenvalue weighted by atomic mass is 10.2. The molecule has 1 aliphatic heterocycles. The molecule has 4 rings (SSSR count). The lowest BCUT2D eigenvalue weighted by Crippen LogP contribution is -2.16. The number of hydrogen-bond acceptors (Lipinski definition) is 5. The molecule has 0 bridgehead atoms. The number of benzene rings is 2. The Hall–Kier alpha value is -3.12. The van der Waals surface area contributed by atoms with Crippen molar-refractivity contribution in [2.24, 2.45) is 0 Å². The summed E-state index contributed by atoms with van der Waals surface area (Å²) in [5.74, 6) is 0.819. The van der Waals surface area contributed by atoms with Crippen LogP contribution in [0.25, 0.3) is 17.2 Å². The molecule has 3 aromatic rings. The van der Waals surface area contributed by atoms with Crippen LogP contribution in [-0.4, -0.2) is 30.2 Å². The molecule has 138 valence electrons. The summed E-state index contributed by atoms with van der Waals surface area (Å²) >= 11 is 0. The molecule has 1 unspecified atom stereocenters. The lowest BCUT2D eigenvalue weighted by Gasteiger charge is -2.12. The molecule has 1 N–H and O–H groups in total. The summed E-state index contributed by atoms with van der Waals surface area (Å²) in [6.07, 6.45) is 5.20. The van der Waals surface area contributed by atoms with Crippen LogP contribution in [-0.2, 0) is 9.53 Å². The van der Waals surface area contributed by atoms with E-state index in [2.05, 4.69) is 10.3 Å². The van der Waals surface area contributed by atoms with E-state index >= 15 is 0 Å². The van der Waals surface area contributed by atoms with Gasteiger partial charge in [-0.05, 0) is 37.1 Å². The Kier molecular flexibility index (Phi) is 5.16. The second kappa shape index (κ2) is 8.05. The zero-order valence-corrected chi connectivity index (χ0v) is 14.8. The number of anilines is 1. The van der Waals surface area contributed by atoms with Gasteiger partial charge in [0.25, 0.3) is 0 Å². The number of nitrogens with zero attached hydrogens (tertiary/aromatic N) is 1. The summed E-state index contributed by atoms with van der Waals surface area (Å²) in [6, 6.07) is 14.8. The van der Waals surface area contributed by atoms with Gasteiger partial charge in [0.15, 0.2) is 5.58 Å². The monoisotopic (exact) mass is 364 g/mol. The molecule has 2 aromatic carbocycles. The van der Waals surface area contributed by atoms with Gasteiger partial charge < -0.3 is 19.2 Å². The number of rotatable bonds is 6. The maximum Gasteiger partial charge on any atom is 0.248 e. The molecular formula is C21H20N2O4. The normalized spacial score (nSPS) is 16.8. The minimum atomic E-state index is -0.270. The van der Waals surface area contributed by atoms with Gasteiger partial charge in [0, 0.05) is 30.5 Å². The minimum absolute atomic E-state index is 0.155. The van der Waals surface area contributed by atoms with E-state index in [-0.39, 0.29) is 12.0 Å². The Balaban J connectivity index is 1.35. The summed E-state index contributed by atoms with van der Waals surface area (Å²) in [4.78, 5) is 16.5. The Morgan fingerprint density at radius 3 is 3.04 bits per heavy atom. The van der Waals surface area contributed by atoms with Gasteiger partial charge in [-0.2, -0.15) is 0 Å². The average Bonchev–Trinajstić information content (AvgIpc) is 3.34. The van der Waals surface area contributed by atoms with Gasteiger partial charge >= 0.3 is 0 Å². The van der Waals surface area contributed by atoms with Crippen molar-refractivity contribution >= 4 is 28.8 Å². The largest absolute Gasteiger partial charge is 0.491 e. The highest BCUT2D eigenvalue weighted by Gasteiger charge is 2.16. The smallest absolute Gasteiger partial charge is 0.248 e. The molecule has 1 fully saturated rings. The topological polar surface area (TPSA) is 73.6 Å². The molecule has 6 heteroatoms. The van der Waals surface area contributed by atoms with E-state index in [1.165, 1.54) is 6.08 Å². The summed E-state index contributed by atoms with van der Waals surface area (Å²) in [7, 11) is 0. The molecule has 1 amide bonds. The van der Waals surface area contributed by atoms with Crippen LogP contribution < -0.4 is 10.1 Å². The maximum atomic E-state index is 12.2. The van der Waals surface area contributed by atoms with Gasteiger partial charge in [-0.3, -0.25) is 4.79 Å². The van der Waals surface area contributed by atoms with Crippen molar-refractivity contribution in [2.45, 2.75) is 18.9 Å². The molecule has 1 atom stereocenters. The van der Waals surface area contributed by atoms with Gasteiger partial charge in [0.2, 0.25) is 11.8 Å². The van der Waals surface area contributed by atoms with Gasteiger partial charge in [-0.25, -0.2) is 4.98 Å². The molecule has 0 spiro atoms. The average molecular weight is 364 g/mol. The van der Waals surface area contributed by atoms with Gasteiger partial charge in [-0.15, -0.1) is 0 Å². The molecule has 1 aromatic heterocycles. The zero-order valence-electron chi connectivity index (χ0n) is 14.8. The first-order valence-corrected chi connectivity index (χ1v) is 8.95. The van der Waals surface area contributed by atoms with Crippen LogP contribution in [0.4, 0.5) is 5.69 Å². The number of aromatic nitrogens is 1. The number of amides is 1. The van der Waals surface area contributed by atoms with Crippen LogP contribution in [0.5, 0.6) is 5.75 Å². The number of carbonyl (C=O) groups is 1. The predicted molar refractivity (Wildman–Crippen MR) is 103 cm³/mol.